The van der Waals surface area contributed by atoms with E-state index in [0.717, 1.165) is 17.7 Å². The minimum absolute atomic E-state index is 0.00932. The summed E-state index contributed by atoms with van der Waals surface area (Å²) in [4.78, 5) is 37.4. The first-order valence-electron chi connectivity index (χ1n) is 9.14. The molecule has 0 aliphatic carbocycles. The molecule has 3 rings (SSSR count). The zero-order chi connectivity index (χ0) is 20.1. The lowest BCUT2D eigenvalue weighted by Crippen LogP contribution is -2.35. The highest BCUT2D eigenvalue weighted by Crippen LogP contribution is 2.28. The van der Waals surface area contributed by atoms with Crippen LogP contribution in [0.2, 0.25) is 0 Å². The first-order chi connectivity index (χ1) is 13.4. The molecule has 6 nitrogen and oxygen atoms in total. The van der Waals surface area contributed by atoms with Crippen LogP contribution in [0, 0.1) is 5.82 Å². The van der Waals surface area contributed by atoms with Crippen molar-refractivity contribution in [3.8, 4) is 0 Å². The van der Waals surface area contributed by atoms with E-state index in [1.54, 1.807) is 35.2 Å². The van der Waals surface area contributed by atoms with Gasteiger partial charge in [-0.3, -0.25) is 14.4 Å². The van der Waals surface area contributed by atoms with Crippen molar-refractivity contribution in [2.75, 3.05) is 24.5 Å². The van der Waals surface area contributed by atoms with Crippen molar-refractivity contribution in [2.45, 2.75) is 19.8 Å². The van der Waals surface area contributed by atoms with Crippen molar-refractivity contribution < 1.29 is 18.8 Å². The smallest absolute Gasteiger partial charge is 0.251 e. The van der Waals surface area contributed by atoms with Gasteiger partial charge in [0.05, 0.1) is 6.42 Å². The third-order valence-electron chi connectivity index (χ3n) is 4.60. The number of hydrogen-bond donors (Lipinski definition) is 2. The molecular weight excluding hydrogens is 361 g/mol. The number of carbonyl (C=O) groups excluding carboxylic acids is 3. The SMILES string of the molecule is CC(=O)N1CCc2cc(C(=O)NCCNC(=O)Cc3cccc(F)c3)ccc21. The van der Waals surface area contributed by atoms with Crippen molar-refractivity contribution in [3.63, 3.8) is 0 Å². The predicted molar refractivity (Wildman–Crippen MR) is 104 cm³/mol. The molecule has 7 heteroatoms. The Morgan fingerprint density at radius 3 is 2.61 bits per heavy atom. The number of amides is 3. The fraction of sp³-hybridized carbons (Fsp3) is 0.286. The van der Waals surface area contributed by atoms with E-state index in [4.69, 9.17) is 0 Å². The van der Waals surface area contributed by atoms with Gasteiger partial charge < -0.3 is 15.5 Å². The van der Waals surface area contributed by atoms with Gasteiger partial charge in [-0.25, -0.2) is 4.39 Å². The lowest BCUT2D eigenvalue weighted by Gasteiger charge is -2.14. The number of benzene rings is 2. The van der Waals surface area contributed by atoms with Crippen LogP contribution in [0.5, 0.6) is 0 Å². The summed E-state index contributed by atoms with van der Waals surface area (Å²) in [5.41, 5.74) is 2.95. The Hall–Kier alpha value is -3.22. The summed E-state index contributed by atoms with van der Waals surface area (Å²) in [6, 6.07) is 11.2. The molecule has 2 aromatic rings. The summed E-state index contributed by atoms with van der Waals surface area (Å²) in [7, 11) is 0. The Morgan fingerprint density at radius 2 is 1.86 bits per heavy atom. The molecule has 0 fully saturated rings. The van der Waals surface area contributed by atoms with Gasteiger partial charge >= 0.3 is 0 Å². The summed E-state index contributed by atoms with van der Waals surface area (Å²) >= 11 is 0. The Morgan fingerprint density at radius 1 is 1.07 bits per heavy atom. The molecule has 146 valence electrons. The fourth-order valence-corrected chi connectivity index (χ4v) is 3.24. The monoisotopic (exact) mass is 383 g/mol. The molecule has 0 saturated carbocycles. The van der Waals surface area contributed by atoms with Crippen LogP contribution in [0.3, 0.4) is 0 Å². The number of fused-ring (bicyclic) bond motifs is 1. The van der Waals surface area contributed by atoms with E-state index in [1.165, 1.54) is 19.1 Å². The van der Waals surface area contributed by atoms with Crippen LogP contribution in [0.1, 0.15) is 28.4 Å². The molecule has 1 heterocycles. The predicted octanol–water partition coefficient (Wildman–Crippen LogP) is 1.82. The number of nitrogens with one attached hydrogen (secondary N) is 2. The van der Waals surface area contributed by atoms with E-state index < -0.39 is 0 Å². The normalized spacial score (nSPS) is 12.4. The van der Waals surface area contributed by atoms with Crippen LogP contribution in [-0.4, -0.2) is 37.4 Å². The molecule has 0 bridgehead atoms. The Balaban J connectivity index is 1.45. The van der Waals surface area contributed by atoms with Gasteiger partial charge in [-0.15, -0.1) is 0 Å². The van der Waals surface area contributed by atoms with E-state index in [9.17, 15) is 18.8 Å². The molecule has 2 N–H and O–H groups in total. The van der Waals surface area contributed by atoms with Crippen LogP contribution < -0.4 is 15.5 Å². The van der Waals surface area contributed by atoms with Crippen molar-refractivity contribution in [1.82, 2.24) is 10.6 Å². The highest BCUT2D eigenvalue weighted by molar-refractivity contribution is 5.97. The fourth-order valence-electron chi connectivity index (χ4n) is 3.24. The quantitative estimate of drug-likeness (QED) is 0.747. The Labute approximate surface area is 162 Å². The number of hydrogen-bond acceptors (Lipinski definition) is 3. The van der Waals surface area contributed by atoms with Gasteiger partial charge in [0.25, 0.3) is 5.91 Å². The summed E-state index contributed by atoms with van der Waals surface area (Å²) < 4.78 is 13.1. The largest absolute Gasteiger partial charge is 0.354 e. The maximum absolute atomic E-state index is 13.1. The van der Waals surface area contributed by atoms with Gasteiger partial charge in [0.1, 0.15) is 5.82 Å². The lowest BCUT2D eigenvalue weighted by molar-refractivity contribution is -0.120. The van der Waals surface area contributed by atoms with Gasteiger partial charge in [-0.1, -0.05) is 12.1 Å². The van der Waals surface area contributed by atoms with Gasteiger partial charge in [0.2, 0.25) is 11.8 Å². The van der Waals surface area contributed by atoms with Crippen molar-refractivity contribution in [2.24, 2.45) is 0 Å². The molecule has 1 aliphatic heterocycles. The first-order valence-corrected chi connectivity index (χ1v) is 9.14. The zero-order valence-electron chi connectivity index (χ0n) is 15.6. The van der Waals surface area contributed by atoms with Crippen LogP contribution in [0.25, 0.3) is 0 Å². The molecule has 0 spiro atoms. The number of halogens is 1. The highest BCUT2D eigenvalue weighted by Gasteiger charge is 2.23. The Bertz CT molecular complexity index is 914. The summed E-state index contributed by atoms with van der Waals surface area (Å²) in [5, 5.41) is 5.46. The number of carbonyl (C=O) groups is 3. The second-order valence-corrected chi connectivity index (χ2v) is 6.68. The third kappa shape index (κ3) is 4.73. The molecule has 0 radical (unpaired) electrons. The van der Waals surface area contributed by atoms with Crippen LogP contribution in [0.4, 0.5) is 10.1 Å². The van der Waals surface area contributed by atoms with E-state index in [2.05, 4.69) is 10.6 Å². The number of rotatable bonds is 6. The molecule has 0 aromatic heterocycles. The third-order valence-corrected chi connectivity index (χ3v) is 4.60. The Kier molecular flexibility index (Phi) is 6.03. The maximum atomic E-state index is 13.1. The zero-order valence-corrected chi connectivity index (χ0v) is 15.6. The molecular formula is C21H22FN3O3. The summed E-state index contributed by atoms with van der Waals surface area (Å²) in [6.07, 6.45) is 0.815. The summed E-state index contributed by atoms with van der Waals surface area (Å²) in [5.74, 6) is -0.853. The minimum Gasteiger partial charge on any atom is -0.354 e. The molecule has 1 aliphatic rings. The highest BCUT2D eigenvalue weighted by atomic mass is 19.1. The molecule has 2 aromatic carbocycles. The van der Waals surface area contributed by atoms with Gasteiger partial charge in [0, 0.05) is 37.8 Å². The van der Waals surface area contributed by atoms with Gasteiger partial charge in [-0.05, 0) is 47.9 Å². The second kappa shape index (κ2) is 8.65. The van der Waals surface area contributed by atoms with Crippen LogP contribution >= 0.6 is 0 Å². The van der Waals surface area contributed by atoms with Crippen molar-refractivity contribution in [1.29, 1.82) is 0 Å². The molecule has 0 unspecified atom stereocenters. The molecule has 0 atom stereocenters. The maximum Gasteiger partial charge on any atom is 0.251 e. The van der Waals surface area contributed by atoms with Crippen molar-refractivity contribution >= 4 is 23.4 Å². The summed E-state index contributed by atoms with van der Waals surface area (Å²) in [6.45, 7) is 2.72. The standard InChI is InChI=1S/C21H22FN3O3/c1-14(26)25-10-7-16-13-17(5-6-19(16)25)21(28)24-9-8-23-20(27)12-15-3-2-4-18(22)11-15/h2-6,11,13H,7-10,12H2,1H3,(H,23,27)(H,24,28). The van der Waals surface area contributed by atoms with E-state index in [-0.39, 0.29) is 43.0 Å². The van der Waals surface area contributed by atoms with Gasteiger partial charge in [-0.2, -0.15) is 0 Å². The molecule has 3 amide bonds. The lowest BCUT2D eigenvalue weighted by atomic mass is 10.1. The van der Waals surface area contributed by atoms with Gasteiger partial charge in [0.15, 0.2) is 0 Å². The topological polar surface area (TPSA) is 78.5 Å². The van der Waals surface area contributed by atoms with Crippen molar-refractivity contribution in [3.05, 3.63) is 65.0 Å². The average Bonchev–Trinajstić information content (AvgIpc) is 3.08. The second-order valence-electron chi connectivity index (χ2n) is 6.68. The first kappa shape index (κ1) is 19.5. The van der Waals surface area contributed by atoms with Crippen LogP contribution in [-0.2, 0) is 22.4 Å². The van der Waals surface area contributed by atoms with Crippen LogP contribution in [0.15, 0.2) is 42.5 Å². The number of nitrogens with zero attached hydrogens (tertiary/aromatic N) is 1. The van der Waals surface area contributed by atoms with E-state index in [0.29, 0.717) is 17.7 Å². The molecule has 0 saturated heterocycles. The van der Waals surface area contributed by atoms with E-state index >= 15 is 0 Å². The number of anilines is 1. The van der Waals surface area contributed by atoms with E-state index in [1.807, 2.05) is 0 Å². The molecule has 28 heavy (non-hydrogen) atoms. The minimum atomic E-state index is -0.377. The average molecular weight is 383 g/mol.